The molecule has 4 rings (SSSR count). The predicted octanol–water partition coefficient (Wildman–Crippen LogP) is 5.95. The number of hydrogen-bond acceptors (Lipinski definition) is 7. The molecule has 36 heavy (non-hydrogen) atoms. The number of carbonyl (C=O) groups excluding carboxylic acids is 2. The topological polar surface area (TPSA) is 99.0 Å². The number of ether oxygens (including phenoxy) is 2. The van der Waals surface area contributed by atoms with Crippen LogP contribution in [0.4, 0.5) is 14.9 Å². The first kappa shape index (κ1) is 24.9. The van der Waals surface area contributed by atoms with Crippen molar-refractivity contribution in [3.8, 4) is 11.5 Å². The fourth-order valence-corrected chi connectivity index (χ4v) is 4.35. The highest BCUT2D eigenvalue weighted by molar-refractivity contribution is 8.18. The van der Waals surface area contributed by atoms with Crippen LogP contribution in [0.1, 0.15) is 23.6 Å². The Labute approximate surface area is 210 Å². The average molecular weight is 509 g/mol. The summed E-state index contributed by atoms with van der Waals surface area (Å²) in [5, 5.41) is 10.5. The summed E-state index contributed by atoms with van der Waals surface area (Å²) < 4.78 is 25.5. The minimum absolute atomic E-state index is 0.0274. The van der Waals surface area contributed by atoms with Gasteiger partial charge in [0.1, 0.15) is 12.4 Å². The van der Waals surface area contributed by atoms with Crippen LogP contribution in [-0.4, -0.2) is 27.6 Å². The van der Waals surface area contributed by atoms with Crippen LogP contribution in [-0.2, 0) is 17.9 Å². The van der Waals surface area contributed by atoms with Crippen LogP contribution < -0.4 is 9.47 Å². The third-order valence-corrected chi connectivity index (χ3v) is 6.15. The molecule has 10 heteroatoms. The normalized spacial score (nSPS) is 14.4. The number of rotatable bonds is 9. The van der Waals surface area contributed by atoms with Crippen molar-refractivity contribution in [2.75, 3.05) is 6.61 Å². The molecule has 8 nitrogen and oxygen atoms in total. The molecule has 0 atom stereocenters. The van der Waals surface area contributed by atoms with Crippen LogP contribution in [0, 0.1) is 15.9 Å². The molecule has 0 aliphatic carbocycles. The van der Waals surface area contributed by atoms with Crippen molar-refractivity contribution in [2.24, 2.45) is 0 Å². The number of amides is 2. The SMILES string of the molecule is CCOc1cc(/C=C2/SC(=O)N(Cc3ccccc3F)C2=O)ccc1OCc1cccc([N+](=O)[O-])c1. The summed E-state index contributed by atoms with van der Waals surface area (Å²) in [4.78, 5) is 37.0. The number of thioether (sulfide) groups is 1. The second-order valence-electron chi connectivity index (χ2n) is 7.71. The first-order valence-corrected chi connectivity index (χ1v) is 11.8. The van der Waals surface area contributed by atoms with Crippen molar-refractivity contribution in [3.63, 3.8) is 0 Å². The smallest absolute Gasteiger partial charge is 0.293 e. The minimum Gasteiger partial charge on any atom is -0.490 e. The maximum Gasteiger partial charge on any atom is 0.293 e. The number of hydrogen-bond donors (Lipinski definition) is 0. The molecule has 1 saturated heterocycles. The van der Waals surface area contributed by atoms with E-state index >= 15 is 0 Å². The van der Waals surface area contributed by atoms with Crippen molar-refractivity contribution in [1.29, 1.82) is 0 Å². The monoisotopic (exact) mass is 508 g/mol. The lowest BCUT2D eigenvalue weighted by atomic mass is 10.1. The van der Waals surface area contributed by atoms with Gasteiger partial charge in [-0.3, -0.25) is 24.6 Å². The average Bonchev–Trinajstić information content (AvgIpc) is 3.12. The number of nitro groups is 1. The standard InChI is InChI=1S/C26H21FN2O6S/c1-2-34-23-13-17(10-11-22(23)35-16-18-6-5-8-20(12-18)29(32)33)14-24-25(30)28(26(31)36-24)15-19-7-3-4-9-21(19)27/h3-14H,2,15-16H2,1H3/b24-14+. The highest BCUT2D eigenvalue weighted by Gasteiger charge is 2.35. The molecular formula is C26H21FN2O6S. The second-order valence-corrected chi connectivity index (χ2v) is 8.71. The molecule has 0 N–H and O–H groups in total. The third-order valence-electron chi connectivity index (χ3n) is 5.24. The zero-order valence-electron chi connectivity index (χ0n) is 19.2. The van der Waals surface area contributed by atoms with Gasteiger partial charge in [-0.05, 0) is 54.1 Å². The van der Waals surface area contributed by atoms with E-state index in [1.165, 1.54) is 24.3 Å². The summed E-state index contributed by atoms with van der Waals surface area (Å²) in [5.74, 6) is -0.143. The third kappa shape index (κ3) is 5.72. The maximum absolute atomic E-state index is 14.0. The molecule has 1 fully saturated rings. The van der Waals surface area contributed by atoms with Crippen molar-refractivity contribution >= 4 is 34.7 Å². The number of halogens is 1. The molecule has 0 bridgehead atoms. The Balaban J connectivity index is 1.51. The van der Waals surface area contributed by atoms with Crippen LogP contribution in [0.15, 0.2) is 71.6 Å². The van der Waals surface area contributed by atoms with E-state index < -0.39 is 21.9 Å². The van der Waals surface area contributed by atoms with Gasteiger partial charge in [-0.1, -0.05) is 36.4 Å². The molecule has 3 aromatic carbocycles. The van der Waals surface area contributed by atoms with Gasteiger partial charge in [0, 0.05) is 17.7 Å². The molecule has 0 saturated carbocycles. The number of carbonyl (C=O) groups is 2. The summed E-state index contributed by atoms with van der Waals surface area (Å²) in [6.45, 7) is 2.11. The summed E-state index contributed by atoms with van der Waals surface area (Å²) in [7, 11) is 0. The largest absolute Gasteiger partial charge is 0.490 e. The van der Waals surface area contributed by atoms with Gasteiger partial charge in [-0.2, -0.15) is 0 Å². The molecule has 184 valence electrons. The molecule has 0 spiro atoms. The summed E-state index contributed by atoms with van der Waals surface area (Å²) in [5.41, 5.74) is 1.46. The van der Waals surface area contributed by atoms with Gasteiger partial charge in [0.25, 0.3) is 16.8 Å². The zero-order valence-corrected chi connectivity index (χ0v) is 20.0. The van der Waals surface area contributed by atoms with Crippen LogP contribution in [0.5, 0.6) is 11.5 Å². The summed E-state index contributed by atoms with van der Waals surface area (Å²) in [6.07, 6.45) is 1.57. The lowest BCUT2D eigenvalue weighted by molar-refractivity contribution is -0.384. The minimum atomic E-state index is -0.503. The Morgan fingerprint density at radius 2 is 1.83 bits per heavy atom. The molecule has 0 unspecified atom stereocenters. The zero-order chi connectivity index (χ0) is 25.7. The van der Waals surface area contributed by atoms with Gasteiger partial charge < -0.3 is 9.47 Å². The van der Waals surface area contributed by atoms with Crippen LogP contribution in [0.25, 0.3) is 6.08 Å². The van der Waals surface area contributed by atoms with Crippen LogP contribution in [0.2, 0.25) is 0 Å². The quantitative estimate of drug-likeness (QED) is 0.200. The van der Waals surface area contributed by atoms with Crippen LogP contribution in [0.3, 0.4) is 0 Å². The van der Waals surface area contributed by atoms with Gasteiger partial charge in [0.15, 0.2) is 11.5 Å². The Kier molecular flexibility index (Phi) is 7.65. The van der Waals surface area contributed by atoms with Gasteiger partial charge in [0.05, 0.1) is 23.0 Å². The lowest BCUT2D eigenvalue weighted by Gasteiger charge is -2.13. The second kappa shape index (κ2) is 11.0. The number of imide groups is 1. The van der Waals surface area contributed by atoms with Crippen molar-refractivity contribution in [1.82, 2.24) is 4.90 Å². The number of nitro benzene ring substituents is 1. The van der Waals surface area contributed by atoms with Gasteiger partial charge in [-0.15, -0.1) is 0 Å². The molecule has 0 aromatic heterocycles. The summed E-state index contributed by atoms with van der Waals surface area (Å²) >= 11 is 0.785. The van der Waals surface area contributed by atoms with Gasteiger partial charge in [0.2, 0.25) is 0 Å². The number of non-ortho nitro benzene ring substituents is 1. The van der Waals surface area contributed by atoms with E-state index in [1.54, 1.807) is 48.5 Å². The highest BCUT2D eigenvalue weighted by atomic mass is 32.2. The Morgan fingerprint density at radius 3 is 2.58 bits per heavy atom. The highest BCUT2D eigenvalue weighted by Crippen LogP contribution is 2.36. The summed E-state index contributed by atoms with van der Waals surface area (Å²) in [6, 6.07) is 17.2. The maximum atomic E-state index is 14.0. The molecule has 0 radical (unpaired) electrons. The Bertz CT molecular complexity index is 1360. The molecule has 1 aliphatic heterocycles. The predicted molar refractivity (Wildman–Crippen MR) is 133 cm³/mol. The molecule has 1 heterocycles. The van der Waals surface area contributed by atoms with E-state index in [1.807, 2.05) is 6.92 Å². The van der Waals surface area contributed by atoms with Crippen LogP contribution >= 0.6 is 11.8 Å². The van der Waals surface area contributed by atoms with E-state index in [4.69, 9.17) is 9.47 Å². The Morgan fingerprint density at radius 1 is 1.03 bits per heavy atom. The van der Waals surface area contributed by atoms with Crippen molar-refractivity contribution in [2.45, 2.75) is 20.1 Å². The Hall–Kier alpha value is -4.18. The van der Waals surface area contributed by atoms with Gasteiger partial charge >= 0.3 is 0 Å². The first-order valence-electron chi connectivity index (χ1n) is 11.0. The molecule has 2 amide bonds. The molecular weight excluding hydrogens is 487 g/mol. The van der Waals surface area contributed by atoms with E-state index in [0.717, 1.165) is 16.7 Å². The van der Waals surface area contributed by atoms with E-state index in [2.05, 4.69) is 0 Å². The fourth-order valence-electron chi connectivity index (χ4n) is 3.51. The van der Waals surface area contributed by atoms with Gasteiger partial charge in [-0.25, -0.2) is 4.39 Å². The van der Waals surface area contributed by atoms with E-state index in [0.29, 0.717) is 29.2 Å². The molecule has 1 aliphatic rings. The molecule has 3 aromatic rings. The number of nitrogens with zero attached hydrogens (tertiary/aromatic N) is 2. The number of benzene rings is 3. The van der Waals surface area contributed by atoms with Crippen molar-refractivity contribution in [3.05, 3.63) is 104 Å². The van der Waals surface area contributed by atoms with E-state index in [-0.39, 0.29) is 29.3 Å². The van der Waals surface area contributed by atoms with Crippen molar-refractivity contribution < 1.29 is 28.4 Å². The lowest BCUT2D eigenvalue weighted by Crippen LogP contribution is -2.27. The van der Waals surface area contributed by atoms with E-state index in [9.17, 15) is 24.1 Å². The fraction of sp³-hybridized carbons (Fsp3) is 0.154. The first-order chi connectivity index (χ1) is 17.4.